The minimum absolute atomic E-state index is 0.106. The minimum atomic E-state index is -0.999. The maximum absolute atomic E-state index is 13.2. The predicted molar refractivity (Wildman–Crippen MR) is 165 cm³/mol. The van der Waals surface area contributed by atoms with Crippen LogP contribution in [0.5, 0.6) is 0 Å². The van der Waals surface area contributed by atoms with E-state index in [1.165, 1.54) is 5.06 Å². The van der Waals surface area contributed by atoms with Crippen LogP contribution in [-0.2, 0) is 30.3 Å². The number of alkyl carbamates (subject to hydrolysis) is 1. The average Bonchev–Trinajstić information content (AvgIpc) is 3.33. The molecule has 9 nitrogen and oxygen atoms in total. The van der Waals surface area contributed by atoms with E-state index in [2.05, 4.69) is 17.4 Å². The summed E-state index contributed by atoms with van der Waals surface area (Å²) >= 11 is 0. The first-order chi connectivity index (χ1) is 21.1. The molecule has 0 aromatic heterocycles. The summed E-state index contributed by atoms with van der Waals surface area (Å²) in [6.45, 7) is 6.05. The number of fused-ring (bicyclic) bond motifs is 3. The molecule has 5 rings (SSSR count). The molecule has 2 amide bonds. The van der Waals surface area contributed by atoms with E-state index in [9.17, 15) is 14.4 Å². The van der Waals surface area contributed by atoms with Crippen LogP contribution >= 0.6 is 0 Å². The van der Waals surface area contributed by atoms with Gasteiger partial charge in [-0.1, -0.05) is 60.7 Å². The summed E-state index contributed by atoms with van der Waals surface area (Å²) in [5.41, 5.74) is 4.86. The summed E-state index contributed by atoms with van der Waals surface area (Å²) in [6, 6.07) is 22.0. The van der Waals surface area contributed by atoms with E-state index in [4.69, 9.17) is 19.0 Å². The normalized spacial score (nSPS) is 16.8. The molecule has 1 aliphatic heterocycles. The Balaban J connectivity index is 1.23. The van der Waals surface area contributed by atoms with Crippen LogP contribution in [0.25, 0.3) is 11.1 Å². The van der Waals surface area contributed by atoms with Crippen LogP contribution in [0.3, 0.4) is 0 Å². The zero-order valence-electron chi connectivity index (χ0n) is 25.7. The van der Waals surface area contributed by atoms with Crippen molar-refractivity contribution in [3.63, 3.8) is 0 Å². The third-order valence-corrected chi connectivity index (χ3v) is 7.67. The summed E-state index contributed by atoms with van der Waals surface area (Å²) in [5, 5.41) is 3.90. The van der Waals surface area contributed by atoms with E-state index in [1.807, 2.05) is 36.4 Å². The van der Waals surface area contributed by atoms with Gasteiger partial charge in [0, 0.05) is 38.0 Å². The van der Waals surface area contributed by atoms with Crippen LogP contribution in [0, 0.1) is 0 Å². The molecule has 1 saturated heterocycles. The Labute approximate surface area is 258 Å². The number of ether oxygens (including phenoxy) is 3. The van der Waals surface area contributed by atoms with Crippen molar-refractivity contribution >= 4 is 18.0 Å². The fraction of sp³-hybridized carbons (Fsp3) is 0.400. The molecular weight excluding hydrogens is 560 g/mol. The first-order valence-corrected chi connectivity index (χ1v) is 15.1. The number of carbonyl (C=O) groups is 3. The summed E-state index contributed by atoms with van der Waals surface area (Å²) in [5.74, 6) is -0.997. The number of hydrogen-bond acceptors (Lipinski definition) is 7. The van der Waals surface area contributed by atoms with Gasteiger partial charge in [-0.3, -0.25) is 4.79 Å². The van der Waals surface area contributed by atoms with E-state index in [0.717, 1.165) is 47.1 Å². The number of rotatable bonds is 9. The van der Waals surface area contributed by atoms with Crippen molar-refractivity contribution in [1.29, 1.82) is 0 Å². The number of esters is 1. The molecule has 0 spiro atoms. The SMILES string of the molecule is CN(OC1CCCCO1)C(=O)c1ccc(CC(NC(=O)OCC2c3ccccc3-c3ccccc32)C(=O)OC(C)(C)C)cc1. The summed E-state index contributed by atoms with van der Waals surface area (Å²) in [4.78, 5) is 44.8. The lowest BCUT2D eigenvalue weighted by molar-refractivity contribution is -0.258. The molecular formula is C35H40N2O7. The molecule has 1 aliphatic carbocycles. The highest BCUT2D eigenvalue weighted by molar-refractivity contribution is 5.93. The van der Waals surface area contributed by atoms with Gasteiger partial charge in [0.25, 0.3) is 5.91 Å². The zero-order chi connectivity index (χ0) is 31.3. The second-order valence-electron chi connectivity index (χ2n) is 12.2. The molecule has 1 heterocycles. The van der Waals surface area contributed by atoms with E-state index < -0.39 is 30.0 Å². The molecule has 0 bridgehead atoms. The van der Waals surface area contributed by atoms with Gasteiger partial charge in [-0.2, -0.15) is 0 Å². The number of nitrogens with zero attached hydrogens (tertiary/aromatic N) is 1. The summed E-state index contributed by atoms with van der Waals surface area (Å²) in [7, 11) is 1.56. The second-order valence-corrected chi connectivity index (χ2v) is 12.2. The van der Waals surface area contributed by atoms with Gasteiger partial charge >= 0.3 is 12.1 Å². The van der Waals surface area contributed by atoms with Crippen LogP contribution in [0.1, 0.15) is 73.0 Å². The first kappa shape index (κ1) is 31.2. The Bertz CT molecular complexity index is 1430. The smallest absolute Gasteiger partial charge is 0.407 e. The molecule has 3 aromatic carbocycles. The molecule has 1 N–H and O–H groups in total. The van der Waals surface area contributed by atoms with Gasteiger partial charge in [-0.15, -0.1) is 0 Å². The van der Waals surface area contributed by atoms with Crippen LogP contribution in [0.4, 0.5) is 4.79 Å². The largest absolute Gasteiger partial charge is 0.458 e. The van der Waals surface area contributed by atoms with E-state index in [1.54, 1.807) is 52.1 Å². The lowest BCUT2D eigenvalue weighted by Gasteiger charge is -2.27. The topological polar surface area (TPSA) is 103 Å². The highest BCUT2D eigenvalue weighted by Gasteiger charge is 2.31. The molecule has 232 valence electrons. The maximum atomic E-state index is 13.2. The molecule has 0 saturated carbocycles. The van der Waals surface area contributed by atoms with Gasteiger partial charge in [0.2, 0.25) is 0 Å². The van der Waals surface area contributed by atoms with Gasteiger partial charge < -0.3 is 19.5 Å². The minimum Gasteiger partial charge on any atom is -0.458 e. The van der Waals surface area contributed by atoms with Crippen molar-refractivity contribution < 1.29 is 33.4 Å². The van der Waals surface area contributed by atoms with Gasteiger partial charge in [0.15, 0.2) is 6.29 Å². The number of hydroxylamine groups is 2. The number of nitrogens with one attached hydrogen (secondary N) is 1. The van der Waals surface area contributed by atoms with E-state index in [-0.39, 0.29) is 24.9 Å². The average molecular weight is 601 g/mol. The highest BCUT2D eigenvalue weighted by Crippen LogP contribution is 2.44. The van der Waals surface area contributed by atoms with Crippen molar-refractivity contribution in [2.75, 3.05) is 20.3 Å². The van der Waals surface area contributed by atoms with Crippen LogP contribution in [0.15, 0.2) is 72.8 Å². The number of hydrogen-bond donors (Lipinski definition) is 1. The van der Waals surface area contributed by atoms with Crippen LogP contribution in [0.2, 0.25) is 0 Å². The maximum Gasteiger partial charge on any atom is 0.407 e. The van der Waals surface area contributed by atoms with Crippen molar-refractivity contribution in [3.05, 3.63) is 95.1 Å². The zero-order valence-corrected chi connectivity index (χ0v) is 25.7. The Kier molecular flexibility index (Phi) is 9.66. The molecule has 0 radical (unpaired) electrons. The summed E-state index contributed by atoms with van der Waals surface area (Å²) in [6.07, 6.45) is 1.72. The van der Waals surface area contributed by atoms with Crippen molar-refractivity contribution in [1.82, 2.24) is 10.4 Å². The van der Waals surface area contributed by atoms with Gasteiger partial charge in [0.05, 0.1) is 0 Å². The summed E-state index contributed by atoms with van der Waals surface area (Å²) < 4.78 is 16.9. The highest BCUT2D eigenvalue weighted by atomic mass is 16.8. The van der Waals surface area contributed by atoms with Crippen molar-refractivity contribution in [2.24, 2.45) is 0 Å². The molecule has 2 aliphatic rings. The van der Waals surface area contributed by atoms with Crippen LogP contribution in [-0.4, -0.2) is 61.2 Å². The molecule has 2 unspecified atom stereocenters. The molecule has 2 atom stereocenters. The van der Waals surface area contributed by atoms with E-state index >= 15 is 0 Å². The number of benzene rings is 3. The van der Waals surface area contributed by atoms with Gasteiger partial charge in [-0.25, -0.2) is 19.5 Å². The third-order valence-electron chi connectivity index (χ3n) is 7.67. The Morgan fingerprint density at radius 3 is 2.16 bits per heavy atom. The fourth-order valence-electron chi connectivity index (χ4n) is 5.57. The molecule has 44 heavy (non-hydrogen) atoms. The lowest BCUT2D eigenvalue weighted by Crippen LogP contribution is -2.46. The lowest BCUT2D eigenvalue weighted by atomic mass is 9.98. The van der Waals surface area contributed by atoms with Crippen molar-refractivity contribution in [2.45, 2.75) is 70.3 Å². The molecule has 3 aromatic rings. The predicted octanol–water partition coefficient (Wildman–Crippen LogP) is 6.01. The Hall–Kier alpha value is -4.21. The second kappa shape index (κ2) is 13.6. The molecule has 9 heteroatoms. The number of carbonyl (C=O) groups excluding carboxylic acids is 3. The first-order valence-electron chi connectivity index (χ1n) is 15.1. The molecule has 1 fully saturated rings. The van der Waals surface area contributed by atoms with Crippen LogP contribution < -0.4 is 5.32 Å². The third kappa shape index (κ3) is 7.65. The van der Waals surface area contributed by atoms with Gasteiger partial charge in [0.1, 0.15) is 18.2 Å². The monoisotopic (exact) mass is 600 g/mol. The number of amides is 2. The quantitative estimate of drug-likeness (QED) is 0.237. The Morgan fingerprint density at radius 1 is 0.932 bits per heavy atom. The standard InChI is InChI=1S/C35H40N2O7/c1-35(2,3)43-33(39)30(21-23-16-18-24(19-17-23)32(38)37(4)44-31-15-9-10-20-41-31)36-34(40)42-22-29-27-13-7-5-11-25(27)26-12-6-8-14-28(26)29/h5-8,11-14,16-19,29-31H,9-10,15,20-22H2,1-4H3,(H,36,40). The van der Waals surface area contributed by atoms with Gasteiger partial charge in [-0.05, 0) is 73.6 Å². The Morgan fingerprint density at radius 2 is 1.57 bits per heavy atom. The fourth-order valence-corrected chi connectivity index (χ4v) is 5.57. The van der Waals surface area contributed by atoms with E-state index in [0.29, 0.717) is 12.2 Å². The van der Waals surface area contributed by atoms with Crippen molar-refractivity contribution in [3.8, 4) is 11.1 Å².